The van der Waals surface area contributed by atoms with Crippen LogP contribution in [-0.2, 0) is 6.54 Å². The van der Waals surface area contributed by atoms with Gasteiger partial charge in [0.25, 0.3) is 0 Å². The minimum atomic E-state index is 0.703. The zero-order chi connectivity index (χ0) is 14.7. The fourth-order valence-electron chi connectivity index (χ4n) is 2.26. The number of pyridine rings is 1. The van der Waals surface area contributed by atoms with Crippen molar-refractivity contribution in [3.8, 4) is 12.3 Å². The molecule has 21 heavy (non-hydrogen) atoms. The van der Waals surface area contributed by atoms with Crippen LogP contribution in [0.25, 0.3) is 10.9 Å². The number of fused-ring (bicyclic) bond motifs is 1. The van der Waals surface area contributed by atoms with Crippen LogP contribution in [0.15, 0.2) is 59.2 Å². The van der Waals surface area contributed by atoms with E-state index in [1.54, 1.807) is 0 Å². The average Bonchev–Trinajstić information content (AvgIpc) is 2.55. The molecular formula is C18H13BrN2. The molecule has 0 saturated heterocycles. The predicted molar refractivity (Wildman–Crippen MR) is 91.1 cm³/mol. The molecule has 102 valence electrons. The number of hydrogen-bond donors (Lipinski definition) is 1. The number of benzene rings is 2. The Morgan fingerprint density at radius 3 is 2.90 bits per heavy atom. The lowest BCUT2D eigenvalue weighted by Gasteiger charge is -2.10. The third kappa shape index (κ3) is 2.91. The fourth-order valence-corrected chi connectivity index (χ4v) is 2.71. The predicted octanol–water partition coefficient (Wildman–Crippen LogP) is 4.59. The Morgan fingerprint density at radius 2 is 2.05 bits per heavy atom. The van der Waals surface area contributed by atoms with Crippen molar-refractivity contribution in [3.63, 3.8) is 0 Å². The molecule has 0 atom stereocenters. The molecule has 2 nitrogen and oxygen atoms in total. The molecule has 0 amide bonds. The van der Waals surface area contributed by atoms with Crippen molar-refractivity contribution in [3.05, 3.63) is 70.3 Å². The fraction of sp³-hybridized carbons (Fsp3) is 0.0556. The van der Waals surface area contributed by atoms with E-state index in [2.05, 4.69) is 50.4 Å². The smallest absolute Gasteiger partial charge is 0.0763 e. The van der Waals surface area contributed by atoms with Crippen LogP contribution in [0.4, 0.5) is 5.69 Å². The Morgan fingerprint density at radius 1 is 1.14 bits per heavy atom. The van der Waals surface area contributed by atoms with E-state index >= 15 is 0 Å². The number of aromatic nitrogens is 1. The number of hydrogen-bond acceptors (Lipinski definition) is 2. The molecule has 0 spiro atoms. The van der Waals surface area contributed by atoms with Gasteiger partial charge >= 0.3 is 0 Å². The number of nitrogens with one attached hydrogen (secondary N) is 1. The molecule has 1 heterocycles. The maximum Gasteiger partial charge on any atom is 0.0763 e. The van der Waals surface area contributed by atoms with Crippen LogP contribution in [0, 0.1) is 12.3 Å². The van der Waals surface area contributed by atoms with Gasteiger partial charge in [-0.2, -0.15) is 0 Å². The number of halogens is 1. The molecule has 1 aromatic heterocycles. The molecule has 0 bridgehead atoms. The molecule has 0 aliphatic carbocycles. The van der Waals surface area contributed by atoms with Gasteiger partial charge in [0, 0.05) is 33.9 Å². The van der Waals surface area contributed by atoms with Gasteiger partial charge in [-0.05, 0) is 35.9 Å². The summed E-state index contributed by atoms with van der Waals surface area (Å²) in [4.78, 5) is 4.49. The Balaban J connectivity index is 1.89. The highest BCUT2D eigenvalue weighted by Crippen LogP contribution is 2.25. The zero-order valence-electron chi connectivity index (χ0n) is 11.3. The monoisotopic (exact) mass is 336 g/mol. The second-order valence-corrected chi connectivity index (χ2v) is 5.54. The maximum atomic E-state index is 5.42. The summed E-state index contributed by atoms with van der Waals surface area (Å²) < 4.78 is 1.06. The summed E-state index contributed by atoms with van der Waals surface area (Å²) in [6.45, 7) is 0.703. The van der Waals surface area contributed by atoms with Gasteiger partial charge in [0.05, 0.1) is 5.52 Å². The van der Waals surface area contributed by atoms with E-state index in [1.165, 1.54) is 0 Å². The van der Waals surface area contributed by atoms with Crippen molar-refractivity contribution in [2.75, 3.05) is 5.32 Å². The van der Waals surface area contributed by atoms with E-state index < -0.39 is 0 Å². The van der Waals surface area contributed by atoms with Crippen LogP contribution in [0.1, 0.15) is 11.1 Å². The first-order valence-electron chi connectivity index (χ1n) is 6.60. The minimum absolute atomic E-state index is 0.703. The average molecular weight is 337 g/mol. The third-order valence-corrected chi connectivity index (χ3v) is 4.00. The third-order valence-electron chi connectivity index (χ3n) is 3.31. The Labute approximate surface area is 132 Å². The van der Waals surface area contributed by atoms with E-state index in [-0.39, 0.29) is 0 Å². The van der Waals surface area contributed by atoms with Gasteiger partial charge in [0.2, 0.25) is 0 Å². The molecule has 3 heteroatoms. The number of terminal acetylenes is 1. The summed E-state index contributed by atoms with van der Waals surface area (Å²) in [6.07, 6.45) is 7.24. The SMILES string of the molecule is C#Cc1cccc(NCc2ccc(Br)c3cccnc23)c1. The topological polar surface area (TPSA) is 24.9 Å². The molecule has 3 aromatic rings. The van der Waals surface area contributed by atoms with Gasteiger partial charge in [-0.3, -0.25) is 4.98 Å². The van der Waals surface area contributed by atoms with E-state index in [4.69, 9.17) is 6.42 Å². The van der Waals surface area contributed by atoms with Crippen LogP contribution >= 0.6 is 15.9 Å². The van der Waals surface area contributed by atoms with E-state index in [0.29, 0.717) is 6.54 Å². The number of anilines is 1. The highest BCUT2D eigenvalue weighted by molar-refractivity contribution is 9.10. The second-order valence-electron chi connectivity index (χ2n) is 4.68. The standard InChI is InChI=1S/C18H13BrN2/c1-2-13-5-3-6-15(11-13)21-12-14-8-9-17(19)16-7-4-10-20-18(14)16/h1,3-11,21H,12H2. The lowest BCUT2D eigenvalue weighted by Crippen LogP contribution is -2.01. The summed E-state index contributed by atoms with van der Waals surface area (Å²) in [5.41, 5.74) is 4.05. The van der Waals surface area contributed by atoms with Crippen LogP contribution < -0.4 is 5.32 Å². The molecule has 2 aromatic carbocycles. The lowest BCUT2D eigenvalue weighted by molar-refractivity contribution is 1.15. The Hall–Kier alpha value is -2.31. The molecule has 0 radical (unpaired) electrons. The van der Waals surface area contributed by atoms with E-state index in [9.17, 15) is 0 Å². The minimum Gasteiger partial charge on any atom is -0.381 e. The molecule has 3 rings (SSSR count). The van der Waals surface area contributed by atoms with Crippen molar-refractivity contribution >= 4 is 32.5 Å². The summed E-state index contributed by atoms with van der Waals surface area (Å²) >= 11 is 3.56. The van der Waals surface area contributed by atoms with Gasteiger partial charge in [-0.25, -0.2) is 0 Å². The van der Waals surface area contributed by atoms with Gasteiger partial charge in [-0.1, -0.05) is 40.0 Å². The second kappa shape index (κ2) is 5.99. The highest BCUT2D eigenvalue weighted by Gasteiger charge is 2.05. The normalized spacial score (nSPS) is 10.3. The van der Waals surface area contributed by atoms with Crippen LogP contribution in [-0.4, -0.2) is 4.98 Å². The van der Waals surface area contributed by atoms with Crippen molar-refractivity contribution in [1.82, 2.24) is 4.98 Å². The van der Waals surface area contributed by atoms with Crippen LogP contribution in [0.3, 0.4) is 0 Å². The zero-order valence-corrected chi connectivity index (χ0v) is 12.9. The molecule has 0 saturated carbocycles. The van der Waals surface area contributed by atoms with Gasteiger partial charge in [0.15, 0.2) is 0 Å². The highest BCUT2D eigenvalue weighted by atomic mass is 79.9. The van der Waals surface area contributed by atoms with Gasteiger partial charge in [-0.15, -0.1) is 6.42 Å². The maximum absolute atomic E-state index is 5.42. The van der Waals surface area contributed by atoms with Crippen molar-refractivity contribution in [2.24, 2.45) is 0 Å². The summed E-state index contributed by atoms with van der Waals surface area (Å²) in [5.74, 6) is 2.64. The van der Waals surface area contributed by atoms with Crippen LogP contribution in [0.5, 0.6) is 0 Å². The molecule has 0 aliphatic rings. The molecule has 0 fully saturated rings. The Kier molecular flexibility index (Phi) is 3.89. The summed E-state index contributed by atoms with van der Waals surface area (Å²) in [5, 5.41) is 4.52. The van der Waals surface area contributed by atoms with E-state index in [0.717, 1.165) is 32.2 Å². The lowest BCUT2D eigenvalue weighted by atomic mass is 10.1. The summed E-state index contributed by atoms with van der Waals surface area (Å²) in [7, 11) is 0. The molecule has 0 unspecified atom stereocenters. The van der Waals surface area contributed by atoms with Crippen LogP contribution in [0.2, 0.25) is 0 Å². The van der Waals surface area contributed by atoms with Crippen molar-refractivity contribution in [2.45, 2.75) is 6.54 Å². The van der Waals surface area contributed by atoms with Crippen molar-refractivity contribution in [1.29, 1.82) is 0 Å². The first-order valence-corrected chi connectivity index (χ1v) is 7.40. The molecule has 0 aliphatic heterocycles. The molecular weight excluding hydrogens is 324 g/mol. The Bertz CT molecular complexity index is 834. The van der Waals surface area contributed by atoms with E-state index in [1.807, 2.05) is 36.5 Å². The molecule has 1 N–H and O–H groups in total. The van der Waals surface area contributed by atoms with Gasteiger partial charge in [0.1, 0.15) is 0 Å². The number of nitrogens with zero attached hydrogens (tertiary/aromatic N) is 1. The van der Waals surface area contributed by atoms with Gasteiger partial charge < -0.3 is 5.32 Å². The largest absolute Gasteiger partial charge is 0.381 e. The van der Waals surface area contributed by atoms with Crippen molar-refractivity contribution < 1.29 is 0 Å². The number of rotatable bonds is 3. The first kappa shape index (κ1) is 13.7. The quantitative estimate of drug-likeness (QED) is 0.707. The first-order chi connectivity index (χ1) is 10.3. The summed E-state index contributed by atoms with van der Waals surface area (Å²) in [6, 6.07) is 16.0.